The van der Waals surface area contributed by atoms with Crippen molar-refractivity contribution in [2.24, 2.45) is 0 Å². The topological polar surface area (TPSA) is 79.5 Å². The lowest BCUT2D eigenvalue weighted by Gasteiger charge is -1.99. The minimum atomic E-state index is -3.53. The smallest absolute Gasteiger partial charge is 0.273 e. The zero-order valence-corrected chi connectivity index (χ0v) is 7.97. The van der Waals surface area contributed by atoms with Gasteiger partial charge in [-0.3, -0.25) is 0 Å². The molecular formula is C7H11NO4S. The number of hydrogen-bond donors (Lipinski definition) is 2. The molecule has 0 fully saturated rings. The molecule has 2 N–H and O–H groups in total. The van der Waals surface area contributed by atoms with E-state index >= 15 is 0 Å². The van der Waals surface area contributed by atoms with Gasteiger partial charge in [0.25, 0.3) is 10.0 Å². The van der Waals surface area contributed by atoms with Crippen LogP contribution in [0, 0.1) is 0 Å². The van der Waals surface area contributed by atoms with E-state index in [0.29, 0.717) is 6.54 Å². The molecule has 0 aliphatic heterocycles. The average molecular weight is 205 g/mol. The van der Waals surface area contributed by atoms with Gasteiger partial charge in [-0.15, -0.1) is 0 Å². The van der Waals surface area contributed by atoms with E-state index in [1.165, 1.54) is 12.1 Å². The van der Waals surface area contributed by atoms with Gasteiger partial charge in [-0.2, -0.15) is 0 Å². The van der Waals surface area contributed by atoms with E-state index in [0.717, 1.165) is 0 Å². The van der Waals surface area contributed by atoms with Crippen LogP contribution in [0.4, 0.5) is 0 Å². The summed E-state index contributed by atoms with van der Waals surface area (Å²) in [6.07, 6.45) is 0. The maximum atomic E-state index is 11.3. The van der Waals surface area contributed by atoms with Crippen LogP contribution >= 0.6 is 0 Å². The highest BCUT2D eigenvalue weighted by atomic mass is 32.2. The molecule has 0 atom stereocenters. The van der Waals surface area contributed by atoms with Crippen molar-refractivity contribution in [1.82, 2.24) is 4.72 Å². The van der Waals surface area contributed by atoms with Crippen molar-refractivity contribution in [3.05, 3.63) is 17.9 Å². The van der Waals surface area contributed by atoms with Gasteiger partial charge in [0.15, 0.2) is 0 Å². The van der Waals surface area contributed by atoms with Crippen LogP contribution in [0.1, 0.15) is 12.7 Å². The molecule has 0 unspecified atom stereocenters. The quantitative estimate of drug-likeness (QED) is 0.729. The summed E-state index contributed by atoms with van der Waals surface area (Å²) in [6.45, 7) is 1.67. The lowest BCUT2D eigenvalue weighted by atomic mass is 10.5. The summed E-state index contributed by atoms with van der Waals surface area (Å²) < 4.78 is 29.7. The Morgan fingerprint density at radius 1 is 1.54 bits per heavy atom. The van der Waals surface area contributed by atoms with Crippen molar-refractivity contribution in [2.45, 2.75) is 18.6 Å². The second kappa shape index (κ2) is 3.91. The third-order valence-electron chi connectivity index (χ3n) is 1.39. The molecule has 1 rings (SSSR count). The highest BCUT2D eigenvalue weighted by Gasteiger charge is 2.16. The molecule has 13 heavy (non-hydrogen) atoms. The van der Waals surface area contributed by atoms with Gasteiger partial charge in [0.1, 0.15) is 12.4 Å². The molecule has 1 aromatic rings. The first kappa shape index (κ1) is 10.2. The Morgan fingerprint density at radius 2 is 2.23 bits per heavy atom. The molecule has 5 nitrogen and oxygen atoms in total. The van der Waals surface area contributed by atoms with E-state index < -0.39 is 10.0 Å². The third kappa shape index (κ3) is 2.30. The third-order valence-corrected chi connectivity index (χ3v) is 2.81. The van der Waals surface area contributed by atoms with Crippen molar-refractivity contribution in [2.75, 3.05) is 6.54 Å². The molecule has 74 valence electrons. The normalized spacial score (nSPS) is 11.8. The van der Waals surface area contributed by atoms with Crippen LogP contribution in [-0.2, 0) is 16.6 Å². The minimum absolute atomic E-state index is 0.168. The van der Waals surface area contributed by atoms with Crippen molar-refractivity contribution in [3.63, 3.8) is 0 Å². The number of aliphatic hydroxyl groups excluding tert-OH is 1. The standard InChI is InChI=1S/C7H11NO4S/c1-2-8-13(10,11)7-4-3-6(5-9)12-7/h3-4,8-9H,2,5H2,1H3. The fraction of sp³-hybridized carbons (Fsp3) is 0.429. The Bertz CT molecular complexity index is 368. The fourth-order valence-electron chi connectivity index (χ4n) is 0.849. The molecule has 0 aliphatic carbocycles. The van der Waals surface area contributed by atoms with Crippen LogP contribution < -0.4 is 4.72 Å². The molecule has 0 saturated carbocycles. The summed E-state index contributed by atoms with van der Waals surface area (Å²) >= 11 is 0. The van der Waals surface area contributed by atoms with Crippen LogP contribution in [0.5, 0.6) is 0 Å². The minimum Gasteiger partial charge on any atom is -0.446 e. The van der Waals surface area contributed by atoms with E-state index in [4.69, 9.17) is 9.52 Å². The molecule has 0 bridgehead atoms. The highest BCUT2D eigenvalue weighted by molar-refractivity contribution is 7.89. The Labute approximate surface area is 76.4 Å². The van der Waals surface area contributed by atoms with Gasteiger partial charge in [0, 0.05) is 6.54 Å². The number of rotatable bonds is 4. The maximum absolute atomic E-state index is 11.3. The summed E-state index contributed by atoms with van der Waals surface area (Å²) in [5.41, 5.74) is 0. The fourth-order valence-corrected chi connectivity index (χ4v) is 1.84. The van der Waals surface area contributed by atoms with E-state index in [2.05, 4.69) is 4.72 Å². The predicted molar refractivity (Wildman–Crippen MR) is 45.5 cm³/mol. The van der Waals surface area contributed by atoms with Crippen molar-refractivity contribution in [1.29, 1.82) is 0 Å². The molecule has 0 radical (unpaired) electrons. The second-order valence-corrected chi connectivity index (χ2v) is 4.08. The zero-order chi connectivity index (χ0) is 9.90. The molecule has 0 saturated heterocycles. The highest BCUT2D eigenvalue weighted by Crippen LogP contribution is 2.13. The Kier molecular flexibility index (Phi) is 3.07. The van der Waals surface area contributed by atoms with Gasteiger partial charge in [-0.25, -0.2) is 13.1 Å². The van der Waals surface area contributed by atoms with Crippen LogP contribution in [0.25, 0.3) is 0 Å². The Hall–Kier alpha value is -0.850. The van der Waals surface area contributed by atoms with Gasteiger partial charge >= 0.3 is 0 Å². The molecule has 6 heteroatoms. The molecule has 0 aliphatic rings. The van der Waals surface area contributed by atoms with Gasteiger partial charge in [0.05, 0.1) is 0 Å². The summed E-state index contributed by atoms with van der Waals surface area (Å²) in [7, 11) is -3.53. The molecule has 0 spiro atoms. The van der Waals surface area contributed by atoms with Gasteiger partial charge < -0.3 is 9.52 Å². The molecule has 0 amide bonds. The first-order valence-corrected chi connectivity index (χ1v) is 5.27. The van der Waals surface area contributed by atoms with Gasteiger partial charge in [-0.1, -0.05) is 6.92 Å². The van der Waals surface area contributed by atoms with E-state index in [9.17, 15) is 8.42 Å². The maximum Gasteiger partial charge on any atom is 0.273 e. The second-order valence-electron chi connectivity index (χ2n) is 2.38. The first-order valence-electron chi connectivity index (χ1n) is 3.79. The molecular weight excluding hydrogens is 194 g/mol. The van der Waals surface area contributed by atoms with Crippen molar-refractivity contribution in [3.8, 4) is 0 Å². The van der Waals surface area contributed by atoms with Gasteiger partial charge in [0.2, 0.25) is 5.09 Å². The van der Waals surface area contributed by atoms with E-state index in [-0.39, 0.29) is 17.5 Å². The molecule has 0 aromatic carbocycles. The lowest BCUT2D eigenvalue weighted by molar-refractivity contribution is 0.236. The van der Waals surface area contributed by atoms with Crippen LogP contribution in [0.15, 0.2) is 21.6 Å². The average Bonchev–Trinajstić information content (AvgIpc) is 2.52. The van der Waals surface area contributed by atoms with E-state index in [1.54, 1.807) is 6.92 Å². The van der Waals surface area contributed by atoms with Crippen molar-refractivity contribution < 1.29 is 17.9 Å². The SMILES string of the molecule is CCNS(=O)(=O)c1ccc(CO)o1. The van der Waals surface area contributed by atoms with Gasteiger partial charge in [-0.05, 0) is 12.1 Å². The predicted octanol–water partition coefficient (Wildman–Crippen LogP) is 0.0701. The van der Waals surface area contributed by atoms with Crippen LogP contribution in [0.2, 0.25) is 0 Å². The number of aliphatic hydroxyl groups is 1. The summed E-state index contributed by atoms with van der Waals surface area (Å²) in [5, 5.41) is 8.47. The summed E-state index contributed by atoms with van der Waals surface area (Å²) in [4.78, 5) is 0. The summed E-state index contributed by atoms with van der Waals surface area (Å²) in [6, 6.07) is 2.73. The molecule has 1 aromatic heterocycles. The lowest BCUT2D eigenvalue weighted by Crippen LogP contribution is -2.22. The Balaban J connectivity index is 2.94. The van der Waals surface area contributed by atoms with E-state index in [1.807, 2.05) is 0 Å². The number of nitrogens with one attached hydrogen (secondary N) is 1. The number of furan rings is 1. The van der Waals surface area contributed by atoms with Crippen LogP contribution in [0.3, 0.4) is 0 Å². The monoisotopic (exact) mass is 205 g/mol. The summed E-state index contributed by atoms with van der Waals surface area (Å²) in [5.74, 6) is 0.233. The largest absolute Gasteiger partial charge is 0.446 e. The zero-order valence-electron chi connectivity index (χ0n) is 7.15. The molecule has 1 heterocycles. The Morgan fingerprint density at radius 3 is 2.69 bits per heavy atom. The number of hydrogen-bond acceptors (Lipinski definition) is 4. The number of sulfonamides is 1. The van der Waals surface area contributed by atoms with Crippen molar-refractivity contribution >= 4 is 10.0 Å². The van der Waals surface area contributed by atoms with Crippen LogP contribution in [-0.4, -0.2) is 20.1 Å². The first-order chi connectivity index (χ1) is 6.10.